The quantitative estimate of drug-likeness (QED) is 0.245. The second kappa shape index (κ2) is 14.0. The summed E-state index contributed by atoms with van der Waals surface area (Å²) in [6, 6.07) is 1.05. The number of nitrogens with zero attached hydrogens (tertiary/aromatic N) is 4. The summed E-state index contributed by atoms with van der Waals surface area (Å²) in [6.07, 6.45) is -5.42. The first-order valence-electron chi connectivity index (χ1n) is 11.7. The molecule has 0 bridgehead atoms. The maximum absolute atomic E-state index is 14.4. The van der Waals surface area contributed by atoms with Crippen molar-refractivity contribution in [2.24, 2.45) is 0 Å². The van der Waals surface area contributed by atoms with Crippen molar-refractivity contribution in [2.75, 3.05) is 13.6 Å². The second-order valence-electron chi connectivity index (χ2n) is 8.56. The van der Waals surface area contributed by atoms with E-state index in [1.165, 1.54) is 17.2 Å². The number of aldehydes is 1. The zero-order valence-electron chi connectivity index (χ0n) is 21.7. The Balaban J connectivity index is 0.000000428. The Labute approximate surface area is 231 Å². The third kappa shape index (κ3) is 8.78. The second-order valence-corrected chi connectivity index (χ2v) is 8.56. The number of rotatable bonds is 8. The SMILES string of the molecule is CCCC(F)CN(C)/C=C\c1cc(-c2ncc(C(F)(F)F)cn2)c(F)c(F)c1C=O.O=c1[nH]ncc(O)c1C(F)(F)F. The standard InChI is InChI=1S/C20H19F6N3O.C5H3F3N2O2/c1-3-4-14(21)10-29(2)6-5-12-7-15(17(22)18(23)16(12)11-30)19-27-8-13(9-28-19)20(24,25)26;6-5(7,8)3-2(11)1-9-10-4(3)12/h5-9,11,14H,3-4,10H2,1-2H3;1H,(H2,10,11,12)/b6-5-;. The Kier molecular flexibility index (Phi) is 11.2. The van der Waals surface area contributed by atoms with E-state index in [2.05, 4.69) is 15.1 Å². The van der Waals surface area contributed by atoms with Crippen molar-refractivity contribution in [1.29, 1.82) is 0 Å². The van der Waals surface area contributed by atoms with Crippen molar-refractivity contribution in [2.45, 2.75) is 38.3 Å². The van der Waals surface area contributed by atoms with Crippen LogP contribution < -0.4 is 5.56 Å². The van der Waals surface area contributed by atoms with Crippen LogP contribution in [0.5, 0.6) is 5.75 Å². The van der Waals surface area contributed by atoms with Crippen LogP contribution >= 0.6 is 0 Å². The van der Waals surface area contributed by atoms with Gasteiger partial charge in [-0.3, -0.25) is 9.59 Å². The number of aromatic hydroxyl groups is 1. The number of carbonyl (C=O) groups excluding carboxylic acids is 1. The molecule has 8 nitrogen and oxygen atoms in total. The van der Waals surface area contributed by atoms with E-state index in [0.29, 0.717) is 31.4 Å². The van der Waals surface area contributed by atoms with E-state index in [4.69, 9.17) is 5.11 Å². The number of aromatic nitrogens is 4. The van der Waals surface area contributed by atoms with Gasteiger partial charge in [-0.05, 0) is 30.3 Å². The van der Waals surface area contributed by atoms with Crippen molar-refractivity contribution >= 4 is 12.4 Å². The molecule has 0 fully saturated rings. The van der Waals surface area contributed by atoms with Crippen LogP contribution in [0.1, 0.15) is 46.8 Å². The molecule has 0 saturated carbocycles. The van der Waals surface area contributed by atoms with Crippen molar-refractivity contribution in [3.63, 3.8) is 0 Å². The Morgan fingerprint density at radius 1 is 1.05 bits per heavy atom. The molecule has 228 valence electrons. The molecule has 2 heterocycles. The van der Waals surface area contributed by atoms with Crippen LogP contribution in [-0.4, -0.2) is 56.2 Å². The number of benzene rings is 1. The van der Waals surface area contributed by atoms with Crippen molar-refractivity contribution in [3.8, 4) is 17.1 Å². The van der Waals surface area contributed by atoms with Gasteiger partial charge in [0.2, 0.25) is 0 Å². The number of nitrogens with one attached hydrogen (secondary N) is 1. The number of halogens is 9. The van der Waals surface area contributed by atoms with E-state index in [1.54, 1.807) is 12.1 Å². The molecule has 17 heteroatoms. The molecule has 1 atom stereocenters. The molecule has 3 rings (SSSR count). The van der Waals surface area contributed by atoms with E-state index in [-0.39, 0.29) is 18.4 Å². The number of aromatic amines is 1. The first-order valence-corrected chi connectivity index (χ1v) is 11.7. The van der Waals surface area contributed by atoms with Crippen molar-refractivity contribution in [1.82, 2.24) is 25.1 Å². The van der Waals surface area contributed by atoms with Gasteiger partial charge in [0.05, 0.1) is 22.9 Å². The predicted molar refractivity (Wildman–Crippen MR) is 131 cm³/mol. The van der Waals surface area contributed by atoms with E-state index in [0.717, 1.165) is 6.07 Å². The maximum Gasteiger partial charge on any atom is 0.425 e. The average molecular weight is 611 g/mol. The van der Waals surface area contributed by atoms with Crippen LogP contribution in [0.2, 0.25) is 0 Å². The molecule has 1 aromatic carbocycles. The average Bonchev–Trinajstić information content (AvgIpc) is 2.88. The van der Waals surface area contributed by atoms with E-state index >= 15 is 0 Å². The highest BCUT2D eigenvalue weighted by atomic mass is 19.4. The monoisotopic (exact) mass is 611 g/mol. The minimum atomic E-state index is -4.86. The molecule has 1 unspecified atom stereocenters. The molecular weight excluding hydrogens is 589 g/mol. The van der Waals surface area contributed by atoms with Crippen molar-refractivity contribution in [3.05, 3.63) is 75.1 Å². The predicted octanol–water partition coefficient (Wildman–Crippen LogP) is 5.79. The largest absolute Gasteiger partial charge is 0.505 e. The van der Waals surface area contributed by atoms with Gasteiger partial charge in [0.15, 0.2) is 35.1 Å². The molecule has 0 saturated heterocycles. The van der Waals surface area contributed by atoms with Crippen LogP contribution in [-0.2, 0) is 12.4 Å². The highest BCUT2D eigenvalue weighted by Gasteiger charge is 2.37. The van der Waals surface area contributed by atoms with Crippen LogP contribution in [0.25, 0.3) is 17.5 Å². The van der Waals surface area contributed by atoms with Crippen LogP contribution in [0.4, 0.5) is 39.5 Å². The lowest BCUT2D eigenvalue weighted by Crippen LogP contribution is -2.22. The smallest absolute Gasteiger partial charge is 0.425 e. The topological polar surface area (TPSA) is 112 Å². The lowest BCUT2D eigenvalue weighted by molar-refractivity contribution is -0.140. The Hall–Kier alpha value is -4.44. The summed E-state index contributed by atoms with van der Waals surface area (Å²) in [5.74, 6) is -4.60. The van der Waals surface area contributed by atoms with Crippen molar-refractivity contribution < 1.29 is 49.4 Å². The molecule has 0 radical (unpaired) electrons. The highest BCUT2D eigenvalue weighted by molar-refractivity contribution is 5.84. The van der Waals surface area contributed by atoms with Crippen LogP contribution in [0.3, 0.4) is 0 Å². The number of carbonyl (C=O) groups is 1. The molecule has 42 heavy (non-hydrogen) atoms. The fraction of sp³-hybridized carbons (Fsp3) is 0.320. The summed E-state index contributed by atoms with van der Waals surface area (Å²) in [4.78, 5) is 30.1. The zero-order chi connectivity index (χ0) is 31.8. The molecule has 0 aliphatic rings. The molecule has 0 aliphatic carbocycles. The summed E-state index contributed by atoms with van der Waals surface area (Å²) >= 11 is 0. The third-order valence-electron chi connectivity index (χ3n) is 5.33. The molecular formula is C25H22F9N5O3. The minimum Gasteiger partial charge on any atom is -0.505 e. The van der Waals surface area contributed by atoms with E-state index in [9.17, 15) is 49.1 Å². The summed E-state index contributed by atoms with van der Waals surface area (Å²) in [5.41, 5.74) is -5.38. The molecule has 2 aromatic heterocycles. The fourth-order valence-electron chi connectivity index (χ4n) is 3.34. The number of hydrogen-bond donors (Lipinski definition) is 2. The molecule has 0 spiro atoms. The van der Waals surface area contributed by atoms with E-state index in [1.807, 2.05) is 6.92 Å². The minimum absolute atomic E-state index is 0.0549. The lowest BCUT2D eigenvalue weighted by Gasteiger charge is -2.17. The fourth-order valence-corrected chi connectivity index (χ4v) is 3.34. The number of H-pyrrole nitrogens is 1. The van der Waals surface area contributed by atoms with Gasteiger partial charge < -0.3 is 10.0 Å². The maximum atomic E-state index is 14.4. The number of hydrogen-bond acceptors (Lipinski definition) is 7. The van der Waals surface area contributed by atoms with Gasteiger partial charge in [-0.15, -0.1) is 0 Å². The number of alkyl halides is 7. The summed E-state index contributed by atoms with van der Waals surface area (Å²) in [6.45, 7) is 1.89. The molecule has 2 N–H and O–H groups in total. The highest BCUT2D eigenvalue weighted by Crippen LogP contribution is 2.32. The Morgan fingerprint density at radius 2 is 1.67 bits per heavy atom. The normalized spacial score (nSPS) is 12.5. The van der Waals surface area contributed by atoms with Gasteiger partial charge in [-0.25, -0.2) is 28.2 Å². The van der Waals surface area contributed by atoms with Gasteiger partial charge in [0.25, 0.3) is 5.56 Å². The van der Waals surface area contributed by atoms with Gasteiger partial charge in [0, 0.05) is 26.0 Å². The van der Waals surface area contributed by atoms with Gasteiger partial charge in [0.1, 0.15) is 6.17 Å². The Bertz CT molecular complexity index is 1460. The first kappa shape index (κ1) is 33.8. The third-order valence-corrected chi connectivity index (χ3v) is 5.33. The van der Waals surface area contributed by atoms with Gasteiger partial charge in [-0.1, -0.05) is 13.3 Å². The lowest BCUT2D eigenvalue weighted by atomic mass is 10.0. The van der Waals surface area contributed by atoms with E-state index < -0.39 is 69.5 Å². The van der Waals surface area contributed by atoms with Gasteiger partial charge in [-0.2, -0.15) is 31.4 Å². The summed E-state index contributed by atoms with van der Waals surface area (Å²) in [7, 11) is 1.57. The van der Waals surface area contributed by atoms with Gasteiger partial charge >= 0.3 is 12.4 Å². The molecule has 0 amide bonds. The van der Waals surface area contributed by atoms with Crippen LogP contribution in [0.15, 0.2) is 35.7 Å². The Morgan fingerprint density at radius 3 is 2.14 bits per heavy atom. The molecule has 3 aromatic rings. The zero-order valence-corrected chi connectivity index (χ0v) is 21.7. The summed E-state index contributed by atoms with van der Waals surface area (Å²) in [5, 5.41) is 13.2. The summed E-state index contributed by atoms with van der Waals surface area (Å²) < 4.78 is 116. The first-order chi connectivity index (χ1) is 19.5. The molecule has 0 aliphatic heterocycles. The van der Waals surface area contributed by atoms with Crippen LogP contribution in [0, 0.1) is 11.6 Å².